The van der Waals surface area contributed by atoms with Crippen molar-refractivity contribution in [2.24, 2.45) is 0 Å². The summed E-state index contributed by atoms with van der Waals surface area (Å²) >= 11 is 0. The number of para-hydroxylation sites is 1. The smallest absolute Gasteiger partial charge is 0.163 e. The number of benzene rings is 1. The van der Waals surface area contributed by atoms with E-state index in [2.05, 4.69) is 4.98 Å². The molecule has 0 atom stereocenters. The summed E-state index contributed by atoms with van der Waals surface area (Å²) in [5.41, 5.74) is 3.49. The standard InChI is InChI=1S/C17H16N2O2/c1-12-7-8-19-10-14(18-17(19)9-12)11-21-16-6-4-3-5-15(16)13(2)20/h3-10H,11H2,1-2H3. The molecule has 3 rings (SSSR count). The van der Waals surface area contributed by atoms with Crippen LogP contribution in [0.2, 0.25) is 0 Å². The van der Waals surface area contributed by atoms with Crippen molar-refractivity contribution in [2.75, 3.05) is 0 Å². The Bertz CT molecular complexity index is 805. The highest BCUT2D eigenvalue weighted by molar-refractivity contribution is 5.96. The molecule has 0 fully saturated rings. The van der Waals surface area contributed by atoms with Gasteiger partial charge in [-0.3, -0.25) is 4.79 Å². The van der Waals surface area contributed by atoms with E-state index in [1.165, 1.54) is 12.5 Å². The fourth-order valence-electron chi connectivity index (χ4n) is 2.24. The molecule has 0 saturated carbocycles. The van der Waals surface area contributed by atoms with Gasteiger partial charge >= 0.3 is 0 Å². The zero-order valence-electron chi connectivity index (χ0n) is 12.0. The number of aryl methyl sites for hydroxylation is 1. The average Bonchev–Trinajstić information content (AvgIpc) is 2.87. The van der Waals surface area contributed by atoms with Gasteiger partial charge in [0.05, 0.1) is 11.3 Å². The minimum absolute atomic E-state index is 0.00349. The van der Waals surface area contributed by atoms with Crippen molar-refractivity contribution < 1.29 is 9.53 Å². The molecule has 4 heteroatoms. The van der Waals surface area contributed by atoms with E-state index in [-0.39, 0.29) is 5.78 Å². The molecule has 106 valence electrons. The molecule has 0 N–H and O–H groups in total. The number of aromatic nitrogens is 2. The summed E-state index contributed by atoms with van der Waals surface area (Å²) in [7, 11) is 0. The Balaban J connectivity index is 1.82. The third-order valence-electron chi connectivity index (χ3n) is 3.31. The quantitative estimate of drug-likeness (QED) is 0.688. The van der Waals surface area contributed by atoms with Crippen molar-refractivity contribution in [1.82, 2.24) is 9.38 Å². The number of Topliss-reactive ketones (excluding diaryl/α,β-unsaturated/α-hetero) is 1. The molecular formula is C17H16N2O2. The van der Waals surface area contributed by atoms with Crippen LogP contribution < -0.4 is 4.74 Å². The second-order valence-electron chi connectivity index (χ2n) is 5.04. The third kappa shape index (κ3) is 2.79. The Morgan fingerprint density at radius 2 is 2.10 bits per heavy atom. The number of hydrogen-bond donors (Lipinski definition) is 0. The van der Waals surface area contributed by atoms with Crippen LogP contribution in [-0.4, -0.2) is 15.2 Å². The number of pyridine rings is 1. The second-order valence-corrected chi connectivity index (χ2v) is 5.04. The van der Waals surface area contributed by atoms with E-state index in [9.17, 15) is 4.79 Å². The van der Waals surface area contributed by atoms with E-state index in [1.54, 1.807) is 12.1 Å². The fourth-order valence-corrected chi connectivity index (χ4v) is 2.24. The van der Waals surface area contributed by atoms with Crippen molar-refractivity contribution >= 4 is 11.4 Å². The van der Waals surface area contributed by atoms with E-state index in [4.69, 9.17) is 4.74 Å². The lowest BCUT2D eigenvalue weighted by atomic mass is 10.1. The number of imidazole rings is 1. The van der Waals surface area contributed by atoms with Gasteiger partial charge in [0.25, 0.3) is 0 Å². The van der Waals surface area contributed by atoms with Gasteiger partial charge in [0.1, 0.15) is 18.0 Å². The maximum Gasteiger partial charge on any atom is 0.163 e. The molecule has 0 radical (unpaired) electrons. The zero-order chi connectivity index (χ0) is 14.8. The van der Waals surface area contributed by atoms with Crippen molar-refractivity contribution in [2.45, 2.75) is 20.5 Å². The van der Waals surface area contributed by atoms with Crippen LogP contribution in [0.5, 0.6) is 5.75 Å². The zero-order valence-corrected chi connectivity index (χ0v) is 12.0. The third-order valence-corrected chi connectivity index (χ3v) is 3.31. The Morgan fingerprint density at radius 3 is 2.90 bits per heavy atom. The molecule has 0 aliphatic carbocycles. The van der Waals surface area contributed by atoms with Crippen LogP contribution in [-0.2, 0) is 6.61 Å². The molecular weight excluding hydrogens is 264 g/mol. The molecule has 0 saturated heterocycles. The summed E-state index contributed by atoms with van der Waals surface area (Å²) in [5, 5.41) is 0. The highest BCUT2D eigenvalue weighted by atomic mass is 16.5. The molecule has 0 aliphatic heterocycles. The number of carbonyl (C=O) groups excluding carboxylic acids is 1. The molecule has 0 aliphatic rings. The van der Waals surface area contributed by atoms with Crippen molar-refractivity contribution in [3.05, 3.63) is 65.6 Å². The number of ketones is 1. The van der Waals surface area contributed by atoms with Crippen LogP contribution in [0.3, 0.4) is 0 Å². The van der Waals surface area contributed by atoms with E-state index in [0.717, 1.165) is 11.3 Å². The van der Waals surface area contributed by atoms with Crippen molar-refractivity contribution in [3.63, 3.8) is 0 Å². The van der Waals surface area contributed by atoms with Gasteiger partial charge in [-0.25, -0.2) is 4.98 Å². The summed E-state index contributed by atoms with van der Waals surface area (Å²) in [4.78, 5) is 16.1. The van der Waals surface area contributed by atoms with Gasteiger partial charge < -0.3 is 9.14 Å². The van der Waals surface area contributed by atoms with Crippen LogP contribution in [0.1, 0.15) is 28.5 Å². The van der Waals surface area contributed by atoms with Gasteiger partial charge in [-0.1, -0.05) is 12.1 Å². The number of carbonyl (C=O) groups is 1. The lowest BCUT2D eigenvalue weighted by Gasteiger charge is -2.07. The van der Waals surface area contributed by atoms with Crippen LogP contribution in [0.25, 0.3) is 5.65 Å². The predicted molar refractivity (Wildman–Crippen MR) is 80.7 cm³/mol. The molecule has 0 amide bonds. The first-order valence-electron chi connectivity index (χ1n) is 6.80. The number of ether oxygens (including phenoxy) is 1. The monoisotopic (exact) mass is 280 g/mol. The molecule has 0 bridgehead atoms. The topological polar surface area (TPSA) is 43.6 Å². The van der Waals surface area contributed by atoms with Crippen LogP contribution in [0.15, 0.2) is 48.8 Å². The van der Waals surface area contributed by atoms with Gasteiger partial charge in [-0.15, -0.1) is 0 Å². The normalized spacial score (nSPS) is 10.8. The summed E-state index contributed by atoms with van der Waals surface area (Å²) in [6, 6.07) is 11.3. The Hall–Kier alpha value is -2.62. The first kappa shape index (κ1) is 13.4. The molecule has 3 aromatic rings. The maximum absolute atomic E-state index is 11.6. The lowest BCUT2D eigenvalue weighted by Crippen LogP contribution is -2.01. The summed E-state index contributed by atoms with van der Waals surface area (Å²) in [5.74, 6) is 0.592. The van der Waals surface area contributed by atoms with Gasteiger partial charge in [0.15, 0.2) is 5.78 Å². The Labute approximate surface area is 123 Å². The fraction of sp³-hybridized carbons (Fsp3) is 0.176. The lowest BCUT2D eigenvalue weighted by molar-refractivity contribution is 0.101. The molecule has 0 spiro atoms. The molecule has 21 heavy (non-hydrogen) atoms. The number of nitrogens with zero attached hydrogens (tertiary/aromatic N) is 2. The highest BCUT2D eigenvalue weighted by Gasteiger charge is 2.08. The molecule has 4 nitrogen and oxygen atoms in total. The first-order chi connectivity index (χ1) is 10.1. The first-order valence-corrected chi connectivity index (χ1v) is 6.80. The summed E-state index contributed by atoms with van der Waals surface area (Å²) < 4.78 is 7.71. The molecule has 0 unspecified atom stereocenters. The minimum Gasteiger partial charge on any atom is -0.486 e. The molecule has 1 aromatic carbocycles. The molecule has 2 heterocycles. The largest absolute Gasteiger partial charge is 0.486 e. The van der Waals surface area contributed by atoms with E-state index < -0.39 is 0 Å². The van der Waals surface area contributed by atoms with Crippen LogP contribution >= 0.6 is 0 Å². The minimum atomic E-state index is -0.00349. The maximum atomic E-state index is 11.6. The van der Waals surface area contributed by atoms with Gasteiger partial charge in [0, 0.05) is 12.4 Å². The van der Waals surface area contributed by atoms with Gasteiger partial charge in [-0.2, -0.15) is 0 Å². The van der Waals surface area contributed by atoms with Crippen molar-refractivity contribution in [1.29, 1.82) is 0 Å². The Morgan fingerprint density at radius 1 is 1.29 bits per heavy atom. The Kier molecular flexibility index (Phi) is 3.44. The SMILES string of the molecule is CC(=O)c1ccccc1OCc1cn2ccc(C)cc2n1. The average molecular weight is 280 g/mol. The van der Waals surface area contributed by atoms with Gasteiger partial charge in [0.2, 0.25) is 0 Å². The second kappa shape index (κ2) is 5.40. The van der Waals surface area contributed by atoms with E-state index in [1.807, 2.05) is 48.0 Å². The predicted octanol–water partition coefficient (Wildman–Crippen LogP) is 3.42. The van der Waals surface area contributed by atoms with Gasteiger partial charge in [-0.05, 0) is 43.7 Å². The number of hydrogen-bond acceptors (Lipinski definition) is 3. The number of fused-ring (bicyclic) bond motifs is 1. The highest BCUT2D eigenvalue weighted by Crippen LogP contribution is 2.20. The van der Waals surface area contributed by atoms with Crippen LogP contribution in [0, 0.1) is 6.92 Å². The van der Waals surface area contributed by atoms with E-state index >= 15 is 0 Å². The van der Waals surface area contributed by atoms with Crippen molar-refractivity contribution in [3.8, 4) is 5.75 Å². The number of rotatable bonds is 4. The summed E-state index contributed by atoms with van der Waals surface area (Å²) in [6.07, 6.45) is 3.91. The summed E-state index contributed by atoms with van der Waals surface area (Å²) in [6.45, 7) is 3.91. The molecule has 2 aromatic heterocycles. The van der Waals surface area contributed by atoms with E-state index in [0.29, 0.717) is 17.9 Å². The van der Waals surface area contributed by atoms with Crippen LogP contribution in [0.4, 0.5) is 0 Å².